The predicted octanol–water partition coefficient (Wildman–Crippen LogP) is 4.47. The van der Waals surface area contributed by atoms with Gasteiger partial charge in [0.2, 0.25) is 11.7 Å². The quantitative estimate of drug-likeness (QED) is 0.119. The zero-order valence-electron chi connectivity index (χ0n) is 26.2. The molecule has 0 bridgehead atoms. The van der Waals surface area contributed by atoms with E-state index in [2.05, 4.69) is 24.1 Å². The standard InChI is InChI=1S/C18H20N3O4.C7H7N3O4.C3H8.3Y/c1-11-4-5-14(25-3)15-13(10-19-16(11)15)17(23)18(24)21-8-6-20(7-9-21)12(2)22;1-8-6-3-2-5(9(11)12)4-7(6)10(13)14;1-3-2;;;/h4-5,8,10,19H,6-7,9H2,1-3H3;2-4,8H,1H3;3H2,1-2H3;;;/q-1;;;;;. The fraction of sp³-hybridized carbons (Fsp3) is 0.357. The Bertz CT molecular complexity index is 1480. The van der Waals surface area contributed by atoms with E-state index >= 15 is 0 Å². The van der Waals surface area contributed by atoms with Crippen LogP contribution in [0, 0.1) is 33.7 Å². The number of nitro benzene ring substituents is 2. The maximum atomic E-state index is 12.7. The number of aromatic amines is 1. The molecule has 4 rings (SSSR count). The normalized spacial score (nSPS) is 11.5. The van der Waals surface area contributed by atoms with Crippen LogP contribution in [0.15, 0.2) is 36.5 Å². The van der Waals surface area contributed by atoms with Gasteiger partial charge in [-0.2, -0.15) is 0 Å². The smallest absolute Gasteiger partial charge is 0.299 e. The first kappa shape index (κ1) is 45.4. The molecule has 235 valence electrons. The molecule has 1 aromatic heterocycles. The molecule has 17 heteroatoms. The van der Waals surface area contributed by atoms with Crippen molar-refractivity contribution in [2.45, 2.75) is 34.1 Å². The molecule has 3 aromatic rings. The van der Waals surface area contributed by atoms with Crippen LogP contribution < -0.4 is 10.1 Å². The topological polar surface area (TPSA) is 181 Å². The number of carbonyl (C=O) groups is 3. The third-order valence-electron chi connectivity index (χ3n) is 6.16. The molecule has 2 amide bonds. The molecule has 0 unspecified atom stereocenters. The molecule has 0 aliphatic carbocycles. The van der Waals surface area contributed by atoms with Gasteiger partial charge in [-0.25, -0.2) is 6.54 Å². The number of hydrogen-bond acceptors (Lipinski definition) is 9. The number of non-ortho nitro benzene ring substituents is 1. The first-order valence-corrected chi connectivity index (χ1v) is 13.1. The maximum absolute atomic E-state index is 12.7. The van der Waals surface area contributed by atoms with Crippen LogP contribution in [-0.4, -0.2) is 76.0 Å². The number of nitro groups is 2. The number of rotatable bonds is 6. The molecular formula is C28H35N6O8Y3-. The molecule has 14 nitrogen and oxygen atoms in total. The van der Waals surface area contributed by atoms with Gasteiger partial charge in [0.25, 0.3) is 17.3 Å². The summed E-state index contributed by atoms with van der Waals surface area (Å²) >= 11 is 0. The number of anilines is 1. The van der Waals surface area contributed by atoms with Crippen molar-refractivity contribution in [3.05, 3.63) is 74.4 Å². The summed E-state index contributed by atoms with van der Waals surface area (Å²) in [5.41, 5.74) is 1.69. The number of nitrogens with zero attached hydrogens (tertiary/aromatic N) is 4. The van der Waals surface area contributed by atoms with Crippen molar-refractivity contribution in [2.24, 2.45) is 0 Å². The van der Waals surface area contributed by atoms with E-state index in [1.165, 1.54) is 44.5 Å². The summed E-state index contributed by atoms with van der Waals surface area (Å²) in [7, 11) is 3.04. The Morgan fingerprint density at radius 2 is 1.67 bits per heavy atom. The van der Waals surface area contributed by atoms with Gasteiger partial charge >= 0.3 is 0 Å². The number of ether oxygens (including phenoxy) is 1. The van der Waals surface area contributed by atoms with Crippen LogP contribution in [0.4, 0.5) is 17.1 Å². The van der Waals surface area contributed by atoms with Crippen molar-refractivity contribution >= 4 is 45.6 Å². The third kappa shape index (κ3) is 12.1. The number of nitrogens with one attached hydrogen (secondary N) is 2. The van der Waals surface area contributed by atoms with E-state index in [4.69, 9.17) is 4.74 Å². The fourth-order valence-electron chi connectivity index (χ4n) is 4.03. The largest absolute Gasteiger partial charge is 0.496 e. The molecule has 45 heavy (non-hydrogen) atoms. The van der Waals surface area contributed by atoms with Crippen molar-refractivity contribution < 1.29 is 127 Å². The summed E-state index contributed by atoms with van der Waals surface area (Å²) < 4.78 is 5.35. The summed E-state index contributed by atoms with van der Waals surface area (Å²) in [6.45, 7) is 10.3. The number of piperazine rings is 1. The van der Waals surface area contributed by atoms with Gasteiger partial charge in [-0.3, -0.25) is 34.6 Å². The van der Waals surface area contributed by atoms with E-state index in [1.54, 1.807) is 23.7 Å². The van der Waals surface area contributed by atoms with E-state index in [0.29, 0.717) is 36.3 Å². The maximum Gasteiger partial charge on any atom is 0.299 e. The van der Waals surface area contributed by atoms with Gasteiger partial charge in [-0.05, 0) is 24.6 Å². The second-order valence-electron chi connectivity index (χ2n) is 9.19. The fourth-order valence-corrected chi connectivity index (χ4v) is 4.03. The van der Waals surface area contributed by atoms with Crippen molar-refractivity contribution in [3.63, 3.8) is 0 Å². The first-order chi connectivity index (χ1) is 19.9. The summed E-state index contributed by atoms with van der Waals surface area (Å²) in [6, 6.07) is 7.11. The summed E-state index contributed by atoms with van der Waals surface area (Å²) in [4.78, 5) is 62.2. The van der Waals surface area contributed by atoms with Crippen molar-refractivity contribution in [1.29, 1.82) is 0 Å². The molecule has 0 spiro atoms. The summed E-state index contributed by atoms with van der Waals surface area (Å²) in [5.74, 6) is -0.703. The average Bonchev–Trinajstić information content (AvgIpc) is 3.43. The van der Waals surface area contributed by atoms with Gasteiger partial charge in [0.1, 0.15) is 11.4 Å². The van der Waals surface area contributed by atoms with Crippen LogP contribution in [0.2, 0.25) is 0 Å². The van der Waals surface area contributed by atoms with Crippen LogP contribution >= 0.6 is 0 Å². The second kappa shape index (κ2) is 22.0. The molecule has 1 aliphatic heterocycles. The number of aryl methyl sites for hydroxylation is 1. The molecule has 2 aromatic carbocycles. The van der Waals surface area contributed by atoms with Gasteiger partial charge in [0.15, 0.2) is 0 Å². The number of ketones is 1. The number of aromatic nitrogens is 1. The Morgan fingerprint density at radius 1 is 1.04 bits per heavy atom. The average molecular weight is 850 g/mol. The van der Waals surface area contributed by atoms with E-state index < -0.39 is 21.5 Å². The number of methoxy groups -OCH3 is 1. The number of benzene rings is 2. The Balaban J connectivity index is 0. The molecule has 0 saturated carbocycles. The van der Waals surface area contributed by atoms with Crippen LogP contribution in [-0.2, 0) is 108 Å². The van der Waals surface area contributed by atoms with Gasteiger partial charge in [0, 0.05) is 137 Å². The number of Topliss-reactive ketones (excluding diaryl/α,β-unsaturated/α-hetero) is 1. The van der Waals surface area contributed by atoms with E-state index in [1.807, 2.05) is 13.0 Å². The third-order valence-corrected chi connectivity index (χ3v) is 6.16. The van der Waals surface area contributed by atoms with Gasteiger partial charge in [-0.15, -0.1) is 0 Å². The van der Waals surface area contributed by atoms with Crippen LogP contribution in [0.5, 0.6) is 5.75 Å². The minimum absolute atomic E-state index is 0. The van der Waals surface area contributed by atoms with E-state index in [9.17, 15) is 34.6 Å². The van der Waals surface area contributed by atoms with E-state index in [-0.39, 0.29) is 121 Å². The number of H-pyrrole nitrogens is 1. The van der Waals surface area contributed by atoms with Gasteiger partial charge in [0.05, 0.1) is 39.5 Å². The predicted molar refractivity (Wildman–Crippen MR) is 157 cm³/mol. The summed E-state index contributed by atoms with van der Waals surface area (Å²) in [6.07, 6.45) is 2.80. The Labute approximate surface area is 337 Å². The SMILES string of the molecule is CCC.CNc1ccc([N+](=O)[O-])cc1[N+](=O)[O-].COc1ccc(C)c2[nH]cc(C(=O)C(=O)N3[CH-]CN(C(C)=O)CC3)c12.[Y].[Y].[Y]. The van der Waals surface area contributed by atoms with Gasteiger partial charge < -0.3 is 24.8 Å². The molecule has 1 fully saturated rings. The molecule has 1 saturated heterocycles. The monoisotopic (exact) mass is 850 g/mol. The molecule has 0 atom stereocenters. The number of carbonyl (C=O) groups excluding carboxylic acids is 3. The Morgan fingerprint density at radius 3 is 2.13 bits per heavy atom. The molecule has 2 N–H and O–H groups in total. The van der Waals surface area contributed by atoms with Gasteiger partial charge in [-0.1, -0.05) is 32.9 Å². The Hall–Kier alpha value is -1.70. The molecule has 2 heterocycles. The van der Waals surface area contributed by atoms with Crippen molar-refractivity contribution in [1.82, 2.24) is 14.8 Å². The Kier molecular flexibility index (Phi) is 22.2. The zero-order valence-corrected chi connectivity index (χ0v) is 34.7. The first-order valence-electron chi connectivity index (χ1n) is 13.1. The molecule has 1 aliphatic rings. The van der Waals surface area contributed by atoms with Crippen molar-refractivity contribution in [2.75, 3.05) is 39.1 Å². The minimum Gasteiger partial charge on any atom is -0.496 e. The molecular weight excluding hydrogens is 815 g/mol. The molecule has 3 radical (unpaired) electrons. The van der Waals surface area contributed by atoms with Crippen LogP contribution in [0.25, 0.3) is 10.9 Å². The zero-order chi connectivity index (χ0) is 31.6. The minimum atomic E-state index is -0.674. The number of fused-ring (bicyclic) bond motifs is 1. The second-order valence-corrected chi connectivity index (χ2v) is 9.19. The van der Waals surface area contributed by atoms with Crippen LogP contribution in [0.1, 0.15) is 43.1 Å². The number of amides is 2. The number of hydrogen-bond donors (Lipinski definition) is 2. The van der Waals surface area contributed by atoms with E-state index in [0.717, 1.165) is 17.1 Å². The summed E-state index contributed by atoms with van der Waals surface area (Å²) in [5, 5.41) is 24.0. The van der Waals surface area contributed by atoms with Crippen molar-refractivity contribution in [3.8, 4) is 5.75 Å². The van der Waals surface area contributed by atoms with Crippen LogP contribution in [0.3, 0.4) is 0 Å².